The largest absolute Gasteiger partial charge is 0.495 e. The number of carbonyl (C=O) groups is 1. The van der Waals surface area contributed by atoms with Crippen LogP contribution in [0.1, 0.15) is 36.0 Å². The van der Waals surface area contributed by atoms with Crippen LogP contribution in [0.15, 0.2) is 45.7 Å². The fraction of sp³-hybridized carbons (Fsp3) is 0.417. The van der Waals surface area contributed by atoms with Crippen LogP contribution in [0, 0.1) is 12.8 Å². The van der Waals surface area contributed by atoms with Gasteiger partial charge in [0.1, 0.15) is 10.6 Å². The van der Waals surface area contributed by atoms with Gasteiger partial charge in [-0.1, -0.05) is 18.2 Å². The van der Waals surface area contributed by atoms with E-state index in [2.05, 4.69) is 11.3 Å². The van der Waals surface area contributed by atoms with E-state index in [1.165, 1.54) is 11.1 Å². The van der Waals surface area contributed by atoms with E-state index in [1.807, 2.05) is 28.0 Å². The van der Waals surface area contributed by atoms with Crippen molar-refractivity contribution in [3.05, 3.63) is 53.1 Å². The minimum Gasteiger partial charge on any atom is -0.495 e. The standard InChI is InChI=1S/C24H27N3O4S/c1-16-11-12-20(31-2)22-18(16)9-6-14-27(22)24(28)17-7-5-13-26(15-17)23-19-8-3-4-10-21(19)32(29,30)25-23/h3-4,8,10-12,17H,5-7,9,13-15H2,1-2H3. The van der Waals surface area contributed by atoms with Crippen molar-refractivity contribution in [2.75, 3.05) is 31.6 Å². The molecule has 1 saturated heterocycles. The lowest BCUT2D eigenvalue weighted by Crippen LogP contribution is -2.48. The summed E-state index contributed by atoms with van der Waals surface area (Å²) >= 11 is 0. The topological polar surface area (TPSA) is 79.3 Å². The number of fused-ring (bicyclic) bond motifs is 2. The lowest BCUT2D eigenvalue weighted by atomic mass is 9.92. The van der Waals surface area contributed by atoms with E-state index >= 15 is 0 Å². The van der Waals surface area contributed by atoms with Crippen LogP contribution in [0.25, 0.3) is 0 Å². The smallest absolute Gasteiger partial charge is 0.285 e. The van der Waals surface area contributed by atoms with Gasteiger partial charge in [0.15, 0.2) is 5.84 Å². The first-order valence-electron chi connectivity index (χ1n) is 11.1. The van der Waals surface area contributed by atoms with Gasteiger partial charge in [-0.05, 0) is 61.9 Å². The van der Waals surface area contributed by atoms with Gasteiger partial charge in [0.25, 0.3) is 10.0 Å². The third-order valence-electron chi connectivity index (χ3n) is 6.73. The van der Waals surface area contributed by atoms with E-state index in [1.54, 1.807) is 25.3 Å². The molecule has 1 unspecified atom stereocenters. The van der Waals surface area contributed by atoms with Crippen molar-refractivity contribution in [2.45, 2.75) is 37.5 Å². The van der Waals surface area contributed by atoms with Crippen molar-refractivity contribution < 1.29 is 17.9 Å². The Hall–Kier alpha value is -2.87. The zero-order valence-electron chi connectivity index (χ0n) is 18.4. The number of piperidine rings is 1. The molecule has 3 aliphatic heterocycles. The summed E-state index contributed by atoms with van der Waals surface area (Å²) in [6.45, 7) is 3.89. The molecule has 168 valence electrons. The average Bonchev–Trinajstić information content (AvgIpc) is 3.10. The van der Waals surface area contributed by atoms with Crippen LogP contribution in [0.3, 0.4) is 0 Å². The number of hydrogen-bond donors (Lipinski definition) is 0. The quantitative estimate of drug-likeness (QED) is 0.698. The zero-order valence-corrected chi connectivity index (χ0v) is 19.2. The van der Waals surface area contributed by atoms with E-state index in [4.69, 9.17) is 4.74 Å². The highest BCUT2D eigenvalue weighted by Gasteiger charge is 2.38. The summed E-state index contributed by atoms with van der Waals surface area (Å²) in [5.74, 6) is 1.05. The number of amidine groups is 1. The molecule has 8 heteroatoms. The SMILES string of the molecule is COc1ccc(C)c2c1N(C(=O)C1CCCN(C3=NS(=O)(=O)c4ccccc43)C1)CCC2. The number of sulfonamides is 1. The molecule has 1 fully saturated rings. The zero-order chi connectivity index (χ0) is 22.5. The molecule has 0 aliphatic carbocycles. The fourth-order valence-corrected chi connectivity index (χ4v) is 6.37. The number of likely N-dealkylation sites (tertiary alicyclic amines) is 1. The maximum absolute atomic E-state index is 13.7. The molecule has 0 aromatic heterocycles. The second-order valence-electron chi connectivity index (χ2n) is 8.68. The van der Waals surface area contributed by atoms with Crippen LogP contribution in [0.4, 0.5) is 5.69 Å². The highest BCUT2D eigenvalue weighted by Crippen LogP contribution is 2.40. The molecular weight excluding hydrogens is 426 g/mol. The van der Waals surface area contributed by atoms with Crippen molar-refractivity contribution in [3.63, 3.8) is 0 Å². The third-order valence-corrected chi connectivity index (χ3v) is 8.05. The third kappa shape index (κ3) is 3.37. The number of ether oxygens (including phenoxy) is 1. The Balaban J connectivity index is 1.44. The average molecular weight is 454 g/mol. The molecule has 32 heavy (non-hydrogen) atoms. The summed E-state index contributed by atoms with van der Waals surface area (Å²) in [5.41, 5.74) is 3.87. The molecule has 0 radical (unpaired) electrons. The van der Waals surface area contributed by atoms with Crippen LogP contribution < -0.4 is 9.64 Å². The molecule has 7 nitrogen and oxygen atoms in total. The predicted octanol–water partition coefficient (Wildman–Crippen LogP) is 3.14. The first-order valence-corrected chi connectivity index (χ1v) is 12.5. The molecule has 0 spiro atoms. The molecule has 2 aromatic carbocycles. The van der Waals surface area contributed by atoms with Gasteiger partial charge in [-0.25, -0.2) is 0 Å². The molecule has 0 N–H and O–H groups in total. The number of methoxy groups -OCH3 is 1. The molecule has 3 aliphatic rings. The van der Waals surface area contributed by atoms with Gasteiger partial charge in [-0.15, -0.1) is 4.40 Å². The van der Waals surface area contributed by atoms with Gasteiger partial charge >= 0.3 is 0 Å². The number of carbonyl (C=O) groups excluding carboxylic acids is 1. The predicted molar refractivity (Wildman–Crippen MR) is 123 cm³/mol. The Morgan fingerprint density at radius 2 is 1.94 bits per heavy atom. The van der Waals surface area contributed by atoms with E-state index in [9.17, 15) is 13.2 Å². The molecule has 0 saturated carbocycles. The van der Waals surface area contributed by atoms with Gasteiger partial charge in [0.05, 0.1) is 18.7 Å². The van der Waals surface area contributed by atoms with Gasteiger partial charge in [0.2, 0.25) is 5.91 Å². The Kier molecular flexibility index (Phi) is 5.20. The van der Waals surface area contributed by atoms with Crippen LogP contribution in [0.2, 0.25) is 0 Å². The highest BCUT2D eigenvalue weighted by molar-refractivity contribution is 7.90. The highest BCUT2D eigenvalue weighted by atomic mass is 32.2. The van der Waals surface area contributed by atoms with Gasteiger partial charge in [-0.2, -0.15) is 8.42 Å². The van der Waals surface area contributed by atoms with E-state index < -0.39 is 10.0 Å². The Morgan fingerprint density at radius 3 is 2.75 bits per heavy atom. The lowest BCUT2D eigenvalue weighted by molar-refractivity contribution is -0.123. The van der Waals surface area contributed by atoms with Gasteiger partial charge < -0.3 is 14.5 Å². The number of nitrogens with zero attached hydrogens (tertiary/aromatic N) is 3. The summed E-state index contributed by atoms with van der Waals surface area (Å²) < 4.78 is 34.7. The first kappa shape index (κ1) is 21.0. The number of amides is 1. The number of aryl methyl sites for hydroxylation is 1. The maximum Gasteiger partial charge on any atom is 0.285 e. The molecule has 2 aromatic rings. The Morgan fingerprint density at radius 1 is 1.12 bits per heavy atom. The molecule has 0 bridgehead atoms. The first-order chi connectivity index (χ1) is 15.4. The molecule has 1 amide bonds. The minimum absolute atomic E-state index is 0.0780. The van der Waals surface area contributed by atoms with Crippen molar-refractivity contribution in [1.29, 1.82) is 0 Å². The van der Waals surface area contributed by atoms with Crippen molar-refractivity contribution in [1.82, 2.24) is 4.90 Å². The van der Waals surface area contributed by atoms with Crippen molar-refractivity contribution >= 4 is 27.5 Å². The van der Waals surface area contributed by atoms with Crippen molar-refractivity contribution in [3.8, 4) is 5.75 Å². The fourth-order valence-electron chi connectivity index (χ4n) is 5.15. The van der Waals surface area contributed by atoms with E-state index in [0.717, 1.165) is 37.1 Å². The van der Waals surface area contributed by atoms with Gasteiger partial charge in [0, 0.05) is 25.2 Å². The second-order valence-corrected chi connectivity index (χ2v) is 10.2. The second kappa shape index (κ2) is 7.92. The normalized spacial score (nSPS) is 21.6. The van der Waals surface area contributed by atoms with E-state index in [0.29, 0.717) is 31.0 Å². The Bertz CT molecular complexity index is 1220. The van der Waals surface area contributed by atoms with Gasteiger partial charge in [-0.3, -0.25) is 4.79 Å². The molecule has 1 atom stereocenters. The van der Waals surface area contributed by atoms with Crippen molar-refractivity contribution in [2.24, 2.45) is 10.3 Å². The number of hydrogen-bond acceptors (Lipinski definition) is 5. The molecular formula is C24H27N3O4S. The lowest BCUT2D eigenvalue weighted by Gasteiger charge is -2.38. The number of rotatable bonds is 2. The summed E-state index contributed by atoms with van der Waals surface area (Å²) in [6.07, 6.45) is 3.44. The maximum atomic E-state index is 13.7. The van der Waals surface area contributed by atoms with Crippen LogP contribution >= 0.6 is 0 Å². The van der Waals surface area contributed by atoms with Crippen LogP contribution in [-0.4, -0.2) is 51.8 Å². The van der Waals surface area contributed by atoms with E-state index in [-0.39, 0.29) is 16.7 Å². The Labute approximate surface area is 188 Å². The summed E-state index contributed by atoms with van der Waals surface area (Å²) in [6, 6.07) is 10.9. The minimum atomic E-state index is -3.68. The van der Waals surface area contributed by atoms with Crippen LogP contribution in [-0.2, 0) is 21.2 Å². The monoisotopic (exact) mass is 453 g/mol. The summed E-state index contributed by atoms with van der Waals surface area (Å²) in [5, 5.41) is 0. The summed E-state index contributed by atoms with van der Waals surface area (Å²) in [4.78, 5) is 17.8. The summed E-state index contributed by atoms with van der Waals surface area (Å²) in [7, 11) is -2.04. The number of anilines is 1. The van der Waals surface area contributed by atoms with Crippen LogP contribution in [0.5, 0.6) is 5.75 Å². The molecule has 3 heterocycles. The number of benzene rings is 2. The molecule has 5 rings (SSSR count).